The second kappa shape index (κ2) is 11.6. The van der Waals surface area contributed by atoms with Crippen LogP contribution in [-0.2, 0) is 21.2 Å². The number of methoxy groups -OCH3 is 1. The number of para-hydroxylation sites is 1. The van der Waals surface area contributed by atoms with Crippen LogP contribution < -0.4 is 19.1 Å². The molecule has 0 saturated heterocycles. The first kappa shape index (κ1) is 25.1. The third-order valence-electron chi connectivity index (χ3n) is 5.27. The van der Waals surface area contributed by atoms with Crippen LogP contribution in [0.2, 0.25) is 0 Å². The summed E-state index contributed by atoms with van der Waals surface area (Å²) in [5, 5.41) is 2.75. The molecular formula is C26H30N2O5S. The van der Waals surface area contributed by atoms with E-state index in [-0.39, 0.29) is 24.6 Å². The molecule has 3 aromatic rings. The predicted molar refractivity (Wildman–Crippen MR) is 133 cm³/mol. The van der Waals surface area contributed by atoms with Crippen molar-refractivity contribution in [1.29, 1.82) is 0 Å². The fraction of sp³-hybridized carbons (Fsp3) is 0.269. The van der Waals surface area contributed by atoms with Crippen molar-refractivity contribution in [3.63, 3.8) is 0 Å². The van der Waals surface area contributed by atoms with E-state index < -0.39 is 15.9 Å². The van der Waals surface area contributed by atoms with Gasteiger partial charge in [-0.3, -0.25) is 9.10 Å². The minimum Gasteiger partial charge on any atom is -0.497 e. The average Bonchev–Trinajstić information content (AvgIpc) is 2.85. The highest BCUT2D eigenvalue weighted by atomic mass is 32.2. The lowest BCUT2D eigenvalue weighted by Gasteiger charge is -2.26. The molecule has 0 atom stereocenters. The Morgan fingerprint density at radius 1 is 0.971 bits per heavy atom. The smallest absolute Gasteiger partial charge is 0.264 e. The molecule has 0 fully saturated rings. The molecule has 0 aromatic heterocycles. The Kier molecular flexibility index (Phi) is 8.54. The lowest BCUT2D eigenvalue weighted by atomic mass is 10.1. The van der Waals surface area contributed by atoms with Crippen LogP contribution in [0.1, 0.15) is 18.1 Å². The van der Waals surface area contributed by atoms with Crippen LogP contribution in [0.15, 0.2) is 77.7 Å². The van der Waals surface area contributed by atoms with Crippen LogP contribution in [0.25, 0.3) is 0 Å². The van der Waals surface area contributed by atoms with Crippen LogP contribution in [0.4, 0.5) is 5.69 Å². The fourth-order valence-corrected chi connectivity index (χ4v) is 4.89. The molecule has 0 saturated carbocycles. The number of carbonyl (C=O) groups excluding carboxylic acids is 1. The van der Waals surface area contributed by atoms with Crippen molar-refractivity contribution in [3.8, 4) is 11.5 Å². The normalized spacial score (nSPS) is 11.0. The number of rotatable bonds is 11. The number of benzene rings is 3. The van der Waals surface area contributed by atoms with E-state index >= 15 is 0 Å². The maximum Gasteiger partial charge on any atom is 0.264 e. The first-order valence-electron chi connectivity index (χ1n) is 11.1. The van der Waals surface area contributed by atoms with Crippen LogP contribution in [0.5, 0.6) is 11.5 Å². The zero-order chi connectivity index (χ0) is 24.6. The Bertz CT molecular complexity index is 1210. The van der Waals surface area contributed by atoms with Crippen molar-refractivity contribution < 1.29 is 22.7 Å². The summed E-state index contributed by atoms with van der Waals surface area (Å²) in [5.74, 6) is 0.873. The molecule has 0 unspecified atom stereocenters. The number of anilines is 1. The monoisotopic (exact) mass is 482 g/mol. The number of amides is 1. The Morgan fingerprint density at radius 2 is 1.68 bits per heavy atom. The molecule has 0 heterocycles. The number of aryl methyl sites for hydroxylation is 2. The maximum atomic E-state index is 13.5. The van der Waals surface area contributed by atoms with E-state index in [1.807, 2.05) is 38.1 Å². The fourth-order valence-electron chi connectivity index (χ4n) is 3.43. The van der Waals surface area contributed by atoms with Gasteiger partial charge < -0.3 is 14.8 Å². The van der Waals surface area contributed by atoms with Gasteiger partial charge in [-0.15, -0.1) is 0 Å². The summed E-state index contributed by atoms with van der Waals surface area (Å²) in [5.41, 5.74) is 2.29. The third kappa shape index (κ3) is 6.29. The standard InChI is InChI=1S/C26H30N2O5S/c1-4-21-8-5-6-11-25(21)28(34(30,31)24-14-12-20(2)13-15-24)19-26(29)27-16-17-33-23-10-7-9-22(18-23)32-3/h5-15,18H,4,16-17,19H2,1-3H3,(H,27,29). The zero-order valence-electron chi connectivity index (χ0n) is 19.7. The molecule has 0 spiro atoms. The highest BCUT2D eigenvalue weighted by molar-refractivity contribution is 7.92. The summed E-state index contributed by atoms with van der Waals surface area (Å²) < 4.78 is 39.1. The molecule has 3 aromatic carbocycles. The highest BCUT2D eigenvalue weighted by Crippen LogP contribution is 2.27. The number of hydrogen-bond donors (Lipinski definition) is 1. The van der Waals surface area contributed by atoms with Crippen LogP contribution in [0, 0.1) is 6.92 Å². The molecule has 0 aliphatic heterocycles. The van der Waals surface area contributed by atoms with E-state index in [1.165, 1.54) is 4.31 Å². The molecular weight excluding hydrogens is 452 g/mol. The van der Waals surface area contributed by atoms with Gasteiger partial charge in [0, 0.05) is 6.07 Å². The molecule has 0 radical (unpaired) electrons. The van der Waals surface area contributed by atoms with E-state index in [9.17, 15) is 13.2 Å². The van der Waals surface area contributed by atoms with Gasteiger partial charge in [-0.25, -0.2) is 8.42 Å². The van der Waals surface area contributed by atoms with Crippen molar-refractivity contribution in [2.75, 3.05) is 31.1 Å². The Balaban J connectivity index is 1.73. The van der Waals surface area contributed by atoms with Crippen molar-refractivity contribution >= 4 is 21.6 Å². The van der Waals surface area contributed by atoms with Crippen molar-refractivity contribution in [2.24, 2.45) is 0 Å². The molecule has 0 bridgehead atoms. The molecule has 1 N–H and O–H groups in total. The van der Waals surface area contributed by atoms with Gasteiger partial charge in [-0.05, 0) is 49.2 Å². The lowest BCUT2D eigenvalue weighted by Crippen LogP contribution is -2.42. The Labute approximate surface area is 201 Å². The quantitative estimate of drug-likeness (QED) is 0.418. The number of ether oxygens (including phenoxy) is 2. The number of nitrogens with zero attached hydrogens (tertiary/aromatic N) is 1. The molecule has 34 heavy (non-hydrogen) atoms. The largest absolute Gasteiger partial charge is 0.497 e. The second-order valence-corrected chi connectivity index (χ2v) is 9.55. The molecule has 1 amide bonds. The lowest BCUT2D eigenvalue weighted by molar-refractivity contribution is -0.119. The van der Waals surface area contributed by atoms with Crippen LogP contribution in [-0.4, -0.2) is 41.1 Å². The molecule has 0 aliphatic rings. The van der Waals surface area contributed by atoms with Crippen molar-refractivity contribution in [2.45, 2.75) is 25.2 Å². The molecule has 180 valence electrons. The van der Waals surface area contributed by atoms with Gasteiger partial charge in [0.15, 0.2) is 0 Å². The number of sulfonamides is 1. The van der Waals surface area contributed by atoms with Gasteiger partial charge in [0.2, 0.25) is 5.91 Å². The third-order valence-corrected chi connectivity index (χ3v) is 7.05. The second-order valence-electron chi connectivity index (χ2n) is 7.68. The van der Waals surface area contributed by atoms with Gasteiger partial charge in [0.1, 0.15) is 24.7 Å². The average molecular weight is 483 g/mol. The predicted octanol–water partition coefficient (Wildman–Crippen LogP) is 3.96. The van der Waals surface area contributed by atoms with Crippen molar-refractivity contribution in [1.82, 2.24) is 5.32 Å². The number of nitrogens with one attached hydrogen (secondary N) is 1. The van der Waals surface area contributed by atoms with Gasteiger partial charge in [-0.1, -0.05) is 48.9 Å². The summed E-state index contributed by atoms with van der Waals surface area (Å²) in [6.45, 7) is 3.96. The van der Waals surface area contributed by atoms with E-state index in [2.05, 4.69) is 5.32 Å². The minimum atomic E-state index is -3.95. The summed E-state index contributed by atoms with van der Waals surface area (Å²) in [6, 6.07) is 21.0. The Morgan fingerprint density at radius 3 is 2.38 bits per heavy atom. The maximum absolute atomic E-state index is 13.5. The van der Waals surface area contributed by atoms with Gasteiger partial charge in [0.05, 0.1) is 24.2 Å². The summed E-state index contributed by atoms with van der Waals surface area (Å²) in [4.78, 5) is 12.9. The van der Waals surface area contributed by atoms with E-state index in [1.54, 1.807) is 55.6 Å². The van der Waals surface area contributed by atoms with Gasteiger partial charge >= 0.3 is 0 Å². The zero-order valence-corrected chi connectivity index (χ0v) is 20.5. The summed E-state index contributed by atoms with van der Waals surface area (Å²) >= 11 is 0. The van der Waals surface area contributed by atoms with Crippen LogP contribution >= 0.6 is 0 Å². The van der Waals surface area contributed by atoms with E-state index in [0.717, 1.165) is 11.1 Å². The van der Waals surface area contributed by atoms with Gasteiger partial charge in [-0.2, -0.15) is 0 Å². The SMILES string of the molecule is CCc1ccccc1N(CC(=O)NCCOc1cccc(OC)c1)S(=O)(=O)c1ccc(C)cc1. The van der Waals surface area contributed by atoms with E-state index in [0.29, 0.717) is 23.6 Å². The molecule has 3 rings (SSSR count). The first-order chi connectivity index (χ1) is 16.3. The number of carbonyl (C=O) groups is 1. The first-order valence-corrected chi connectivity index (χ1v) is 12.5. The molecule has 7 nitrogen and oxygen atoms in total. The Hall–Kier alpha value is -3.52. The molecule has 0 aliphatic carbocycles. The topological polar surface area (TPSA) is 84.9 Å². The summed E-state index contributed by atoms with van der Waals surface area (Å²) in [6.07, 6.45) is 0.631. The highest BCUT2D eigenvalue weighted by Gasteiger charge is 2.28. The molecule has 8 heteroatoms. The van der Waals surface area contributed by atoms with E-state index in [4.69, 9.17) is 9.47 Å². The summed E-state index contributed by atoms with van der Waals surface area (Å²) in [7, 11) is -2.38. The van der Waals surface area contributed by atoms with Crippen molar-refractivity contribution in [3.05, 3.63) is 83.9 Å². The minimum absolute atomic E-state index is 0.137. The van der Waals surface area contributed by atoms with Gasteiger partial charge in [0.25, 0.3) is 10.0 Å². The number of hydrogen-bond acceptors (Lipinski definition) is 5. The van der Waals surface area contributed by atoms with Crippen LogP contribution in [0.3, 0.4) is 0 Å².